The van der Waals surface area contributed by atoms with Crippen LogP contribution >= 0.6 is 0 Å². The van der Waals surface area contributed by atoms with E-state index in [9.17, 15) is 4.79 Å². The number of amides is 1. The van der Waals surface area contributed by atoms with Crippen molar-refractivity contribution < 1.29 is 4.79 Å². The molecule has 0 saturated carbocycles. The van der Waals surface area contributed by atoms with Crippen LogP contribution in [0.3, 0.4) is 0 Å². The van der Waals surface area contributed by atoms with Gasteiger partial charge in [-0.3, -0.25) is 4.79 Å². The Balaban J connectivity index is 2.63. The minimum atomic E-state index is -0.413. The first kappa shape index (κ1) is 14.7. The Morgan fingerprint density at radius 3 is 2.44 bits per heavy atom. The summed E-state index contributed by atoms with van der Waals surface area (Å²) in [5.41, 5.74) is 6.88. The van der Waals surface area contributed by atoms with Crippen molar-refractivity contribution in [2.75, 3.05) is 20.6 Å². The lowest BCUT2D eigenvalue weighted by Gasteiger charge is -2.25. The predicted octanol–water partition coefficient (Wildman–Crippen LogP) is 1.14. The van der Waals surface area contributed by atoms with E-state index in [1.807, 2.05) is 39.2 Å². The normalized spacial score (nSPS) is 14.3. The standard InChI is InChI=1S/C14H23N3O/c1-4-12(15)14(18)16-10-13(17(2)3)11-8-6-5-7-9-11/h5-9,12-13H,4,10,15H2,1-3H3,(H,16,18). The van der Waals surface area contributed by atoms with Crippen LogP contribution in [0.25, 0.3) is 0 Å². The second kappa shape index (κ2) is 7.13. The molecule has 0 bridgehead atoms. The van der Waals surface area contributed by atoms with E-state index in [4.69, 9.17) is 5.73 Å². The predicted molar refractivity (Wildman–Crippen MR) is 74.1 cm³/mol. The fourth-order valence-corrected chi connectivity index (χ4v) is 1.79. The highest BCUT2D eigenvalue weighted by Gasteiger charge is 2.17. The molecule has 1 aromatic rings. The molecular formula is C14H23N3O. The zero-order chi connectivity index (χ0) is 13.5. The summed E-state index contributed by atoms with van der Waals surface area (Å²) in [6, 6.07) is 9.88. The fourth-order valence-electron chi connectivity index (χ4n) is 1.79. The molecule has 0 radical (unpaired) electrons. The van der Waals surface area contributed by atoms with Crippen molar-refractivity contribution in [3.63, 3.8) is 0 Å². The van der Waals surface area contributed by atoms with Crippen molar-refractivity contribution in [3.8, 4) is 0 Å². The minimum Gasteiger partial charge on any atom is -0.353 e. The van der Waals surface area contributed by atoms with Crippen LogP contribution in [-0.2, 0) is 4.79 Å². The summed E-state index contributed by atoms with van der Waals surface area (Å²) < 4.78 is 0. The Hall–Kier alpha value is -1.39. The van der Waals surface area contributed by atoms with Gasteiger partial charge in [-0.25, -0.2) is 0 Å². The quantitative estimate of drug-likeness (QED) is 0.795. The largest absolute Gasteiger partial charge is 0.353 e. The molecule has 0 aliphatic carbocycles. The van der Waals surface area contributed by atoms with Crippen LogP contribution in [0.5, 0.6) is 0 Å². The second-order valence-electron chi connectivity index (χ2n) is 4.65. The van der Waals surface area contributed by atoms with E-state index in [0.29, 0.717) is 13.0 Å². The summed E-state index contributed by atoms with van der Waals surface area (Å²) in [6.07, 6.45) is 0.657. The molecule has 1 amide bonds. The number of nitrogens with zero attached hydrogens (tertiary/aromatic N) is 1. The van der Waals surface area contributed by atoms with E-state index >= 15 is 0 Å². The van der Waals surface area contributed by atoms with E-state index in [2.05, 4.69) is 22.3 Å². The van der Waals surface area contributed by atoms with Gasteiger partial charge in [-0.1, -0.05) is 37.3 Å². The van der Waals surface area contributed by atoms with Gasteiger partial charge in [-0.05, 0) is 26.1 Å². The molecule has 0 aromatic heterocycles. The molecule has 100 valence electrons. The third-order valence-corrected chi connectivity index (χ3v) is 3.05. The van der Waals surface area contributed by atoms with Crippen LogP contribution < -0.4 is 11.1 Å². The lowest BCUT2D eigenvalue weighted by atomic mass is 10.1. The molecule has 0 saturated heterocycles. The molecule has 0 heterocycles. The average Bonchev–Trinajstić information content (AvgIpc) is 2.38. The number of benzene rings is 1. The fraction of sp³-hybridized carbons (Fsp3) is 0.500. The summed E-state index contributed by atoms with van der Waals surface area (Å²) in [5, 5.41) is 2.91. The van der Waals surface area contributed by atoms with Gasteiger partial charge < -0.3 is 16.0 Å². The van der Waals surface area contributed by atoms with Crippen LogP contribution in [0.1, 0.15) is 24.9 Å². The van der Waals surface area contributed by atoms with Crippen molar-refractivity contribution in [1.29, 1.82) is 0 Å². The molecule has 0 aliphatic rings. The number of likely N-dealkylation sites (N-methyl/N-ethyl adjacent to an activating group) is 1. The van der Waals surface area contributed by atoms with Gasteiger partial charge in [0.25, 0.3) is 0 Å². The summed E-state index contributed by atoms with van der Waals surface area (Å²) >= 11 is 0. The van der Waals surface area contributed by atoms with Gasteiger partial charge in [-0.2, -0.15) is 0 Å². The summed E-state index contributed by atoms with van der Waals surface area (Å²) in [7, 11) is 4.01. The van der Waals surface area contributed by atoms with Gasteiger partial charge in [0, 0.05) is 6.54 Å². The molecule has 4 nitrogen and oxygen atoms in total. The number of rotatable bonds is 6. The van der Waals surface area contributed by atoms with Gasteiger partial charge in [0.2, 0.25) is 5.91 Å². The van der Waals surface area contributed by atoms with Gasteiger partial charge >= 0.3 is 0 Å². The zero-order valence-electron chi connectivity index (χ0n) is 11.4. The summed E-state index contributed by atoms with van der Waals surface area (Å²) in [6.45, 7) is 2.48. The summed E-state index contributed by atoms with van der Waals surface area (Å²) in [5.74, 6) is -0.0831. The van der Waals surface area contributed by atoms with E-state index in [1.165, 1.54) is 5.56 Å². The number of nitrogens with two attached hydrogens (primary N) is 1. The number of nitrogens with one attached hydrogen (secondary N) is 1. The lowest BCUT2D eigenvalue weighted by Crippen LogP contribution is -2.43. The number of hydrogen-bond donors (Lipinski definition) is 2. The first-order chi connectivity index (χ1) is 8.56. The second-order valence-corrected chi connectivity index (χ2v) is 4.65. The molecule has 2 atom stereocenters. The van der Waals surface area contributed by atoms with Crippen LogP contribution in [0.15, 0.2) is 30.3 Å². The SMILES string of the molecule is CCC(N)C(=O)NCC(c1ccccc1)N(C)C. The highest BCUT2D eigenvalue weighted by Crippen LogP contribution is 2.16. The number of carbonyl (C=O) groups is 1. The highest BCUT2D eigenvalue weighted by atomic mass is 16.2. The van der Waals surface area contributed by atoms with E-state index in [0.717, 1.165) is 0 Å². The molecule has 1 rings (SSSR count). The van der Waals surface area contributed by atoms with Gasteiger partial charge in [0.05, 0.1) is 12.1 Å². The first-order valence-electron chi connectivity index (χ1n) is 6.31. The molecule has 0 aliphatic heterocycles. The molecule has 0 fully saturated rings. The maximum Gasteiger partial charge on any atom is 0.236 e. The van der Waals surface area contributed by atoms with Crippen molar-refractivity contribution in [1.82, 2.24) is 10.2 Å². The Labute approximate surface area is 109 Å². The van der Waals surface area contributed by atoms with Crippen molar-refractivity contribution in [2.45, 2.75) is 25.4 Å². The Morgan fingerprint density at radius 2 is 1.94 bits per heavy atom. The Kier molecular flexibility index (Phi) is 5.82. The summed E-state index contributed by atoms with van der Waals surface area (Å²) in [4.78, 5) is 13.8. The van der Waals surface area contributed by atoms with Gasteiger partial charge in [0.1, 0.15) is 0 Å². The molecular weight excluding hydrogens is 226 g/mol. The van der Waals surface area contributed by atoms with Crippen LogP contribution in [0.2, 0.25) is 0 Å². The van der Waals surface area contributed by atoms with E-state index < -0.39 is 6.04 Å². The van der Waals surface area contributed by atoms with Gasteiger partial charge in [-0.15, -0.1) is 0 Å². The molecule has 3 N–H and O–H groups in total. The average molecular weight is 249 g/mol. The maximum atomic E-state index is 11.7. The van der Waals surface area contributed by atoms with Gasteiger partial charge in [0.15, 0.2) is 0 Å². The van der Waals surface area contributed by atoms with Crippen molar-refractivity contribution in [2.24, 2.45) is 5.73 Å². The van der Waals surface area contributed by atoms with Crippen molar-refractivity contribution in [3.05, 3.63) is 35.9 Å². The van der Waals surface area contributed by atoms with E-state index in [1.54, 1.807) is 0 Å². The Morgan fingerprint density at radius 1 is 1.33 bits per heavy atom. The molecule has 4 heteroatoms. The van der Waals surface area contributed by atoms with Crippen LogP contribution in [0.4, 0.5) is 0 Å². The third kappa shape index (κ3) is 4.13. The molecule has 1 aromatic carbocycles. The monoisotopic (exact) mass is 249 g/mol. The van der Waals surface area contributed by atoms with Crippen molar-refractivity contribution >= 4 is 5.91 Å². The molecule has 0 spiro atoms. The topological polar surface area (TPSA) is 58.4 Å². The molecule has 2 unspecified atom stereocenters. The third-order valence-electron chi connectivity index (χ3n) is 3.05. The Bertz CT molecular complexity index is 365. The van der Waals surface area contributed by atoms with E-state index in [-0.39, 0.29) is 11.9 Å². The smallest absolute Gasteiger partial charge is 0.236 e. The molecule has 18 heavy (non-hydrogen) atoms. The van der Waals surface area contributed by atoms with Crippen LogP contribution in [0, 0.1) is 0 Å². The lowest BCUT2D eigenvalue weighted by molar-refractivity contribution is -0.122. The number of carbonyl (C=O) groups excluding carboxylic acids is 1. The number of hydrogen-bond acceptors (Lipinski definition) is 3. The first-order valence-corrected chi connectivity index (χ1v) is 6.31. The highest BCUT2D eigenvalue weighted by molar-refractivity contribution is 5.81. The maximum absolute atomic E-state index is 11.7. The zero-order valence-corrected chi connectivity index (χ0v) is 11.4. The van der Waals surface area contributed by atoms with Crippen LogP contribution in [-0.4, -0.2) is 37.5 Å². The minimum absolute atomic E-state index is 0.0831.